The number of likely N-dealkylation sites (N-methyl/N-ethyl adjacent to an activating group) is 1. The normalized spacial score (nSPS) is 12.8. The molecule has 0 aliphatic rings. The van der Waals surface area contributed by atoms with Gasteiger partial charge in [0.15, 0.2) is 0 Å². The van der Waals surface area contributed by atoms with E-state index in [2.05, 4.69) is 5.32 Å². The molecule has 0 aromatic heterocycles. The van der Waals surface area contributed by atoms with E-state index in [1.165, 1.54) is 5.56 Å². The zero-order valence-corrected chi connectivity index (χ0v) is 10.5. The molecule has 1 aromatic rings. The molecule has 0 fully saturated rings. The van der Waals surface area contributed by atoms with Crippen LogP contribution in [0.15, 0.2) is 24.3 Å². The lowest BCUT2D eigenvalue weighted by atomic mass is 10.1. The number of rotatable bonds is 6. The van der Waals surface area contributed by atoms with Crippen LogP contribution >= 0.6 is 0 Å². The molecule has 0 aliphatic carbocycles. The molecule has 0 saturated heterocycles. The fourth-order valence-corrected chi connectivity index (χ4v) is 1.58. The number of ether oxygens (including phenoxy) is 2. The second-order valence-corrected chi connectivity index (χ2v) is 4.00. The maximum atomic E-state index is 5.85. The molecule has 1 aromatic carbocycles. The van der Waals surface area contributed by atoms with Gasteiger partial charge in [-0.2, -0.15) is 0 Å². The zero-order chi connectivity index (χ0) is 12.0. The number of benzene rings is 1. The summed E-state index contributed by atoms with van der Waals surface area (Å²) in [5.74, 6) is 0.872. The summed E-state index contributed by atoms with van der Waals surface area (Å²) < 4.78 is 11.0. The molecule has 0 saturated carbocycles. The monoisotopic (exact) mass is 223 g/mol. The fourth-order valence-electron chi connectivity index (χ4n) is 1.58. The van der Waals surface area contributed by atoms with Crippen LogP contribution in [0.5, 0.6) is 5.75 Å². The van der Waals surface area contributed by atoms with Gasteiger partial charge in [-0.3, -0.25) is 0 Å². The molecule has 0 amide bonds. The molecule has 0 heterocycles. The van der Waals surface area contributed by atoms with Crippen LogP contribution in [0.1, 0.15) is 25.5 Å². The Bertz CT molecular complexity index is 295. The molecule has 3 nitrogen and oxygen atoms in total. The van der Waals surface area contributed by atoms with Crippen molar-refractivity contribution in [3.63, 3.8) is 0 Å². The van der Waals surface area contributed by atoms with Crippen molar-refractivity contribution in [2.24, 2.45) is 0 Å². The Labute approximate surface area is 97.8 Å². The highest BCUT2D eigenvalue weighted by Gasteiger charge is 2.12. The van der Waals surface area contributed by atoms with Crippen LogP contribution in [0.2, 0.25) is 0 Å². The van der Waals surface area contributed by atoms with Gasteiger partial charge in [0, 0.05) is 6.54 Å². The van der Waals surface area contributed by atoms with Gasteiger partial charge in [0.25, 0.3) is 0 Å². The number of hydrogen-bond donors (Lipinski definition) is 1. The summed E-state index contributed by atoms with van der Waals surface area (Å²) in [7, 11) is 3.60. The molecule has 0 aliphatic heterocycles. The van der Waals surface area contributed by atoms with Gasteiger partial charge in [-0.15, -0.1) is 0 Å². The average Bonchev–Trinajstić information content (AvgIpc) is 2.28. The highest BCUT2D eigenvalue weighted by Crippen LogP contribution is 2.21. The predicted molar refractivity (Wildman–Crippen MR) is 65.9 cm³/mol. The van der Waals surface area contributed by atoms with Crippen molar-refractivity contribution in [2.75, 3.05) is 20.7 Å². The van der Waals surface area contributed by atoms with Crippen molar-refractivity contribution in [1.29, 1.82) is 0 Å². The smallest absolute Gasteiger partial charge is 0.118 e. The van der Waals surface area contributed by atoms with Gasteiger partial charge in [0.1, 0.15) is 5.75 Å². The molecule has 90 valence electrons. The van der Waals surface area contributed by atoms with Gasteiger partial charge in [0.05, 0.1) is 19.3 Å². The molecule has 1 rings (SSSR count). The van der Waals surface area contributed by atoms with Gasteiger partial charge < -0.3 is 14.8 Å². The maximum Gasteiger partial charge on any atom is 0.118 e. The standard InChI is InChI=1S/C13H21NO2/c1-10(2)16-13(9-14-3)11-5-7-12(15-4)8-6-11/h5-8,10,13-14H,9H2,1-4H3/t13-/m1/s1. The summed E-state index contributed by atoms with van der Waals surface area (Å²) in [6.45, 7) is 4.91. The summed E-state index contributed by atoms with van der Waals surface area (Å²) in [4.78, 5) is 0. The Morgan fingerprint density at radius 3 is 2.25 bits per heavy atom. The van der Waals surface area contributed by atoms with Crippen molar-refractivity contribution in [1.82, 2.24) is 5.32 Å². The molecule has 1 N–H and O–H groups in total. The van der Waals surface area contributed by atoms with E-state index in [1.807, 2.05) is 45.2 Å². The number of methoxy groups -OCH3 is 1. The third-order valence-electron chi connectivity index (χ3n) is 2.31. The summed E-state index contributed by atoms with van der Waals surface area (Å²) in [6.07, 6.45) is 0.316. The Kier molecular flexibility index (Phi) is 5.29. The molecular weight excluding hydrogens is 202 g/mol. The lowest BCUT2D eigenvalue weighted by Crippen LogP contribution is -2.22. The first kappa shape index (κ1) is 13.0. The fraction of sp³-hybridized carbons (Fsp3) is 0.538. The number of hydrogen-bond acceptors (Lipinski definition) is 3. The highest BCUT2D eigenvalue weighted by molar-refractivity contribution is 5.28. The zero-order valence-electron chi connectivity index (χ0n) is 10.5. The Morgan fingerprint density at radius 2 is 1.81 bits per heavy atom. The predicted octanol–water partition coefficient (Wildman–Crippen LogP) is 2.38. The second-order valence-electron chi connectivity index (χ2n) is 4.00. The minimum absolute atomic E-state index is 0.0934. The van der Waals surface area contributed by atoms with Crippen LogP contribution < -0.4 is 10.1 Å². The van der Waals surface area contributed by atoms with E-state index in [0.29, 0.717) is 0 Å². The minimum atomic E-state index is 0.0934. The first-order chi connectivity index (χ1) is 7.67. The van der Waals surface area contributed by atoms with E-state index >= 15 is 0 Å². The molecular formula is C13H21NO2. The van der Waals surface area contributed by atoms with Crippen LogP contribution in [0.25, 0.3) is 0 Å². The second kappa shape index (κ2) is 6.51. The molecule has 0 radical (unpaired) electrons. The minimum Gasteiger partial charge on any atom is -0.497 e. The Balaban J connectivity index is 2.75. The van der Waals surface area contributed by atoms with Crippen LogP contribution in [-0.2, 0) is 4.74 Å². The van der Waals surface area contributed by atoms with E-state index in [-0.39, 0.29) is 12.2 Å². The van der Waals surface area contributed by atoms with E-state index in [9.17, 15) is 0 Å². The summed E-state index contributed by atoms with van der Waals surface area (Å²) in [6, 6.07) is 8.01. The van der Waals surface area contributed by atoms with Gasteiger partial charge >= 0.3 is 0 Å². The van der Waals surface area contributed by atoms with Crippen molar-refractivity contribution in [2.45, 2.75) is 26.1 Å². The average molecular weight is 223 g/mol. The maximum absolute atomic E-state index is 5.85. The topological polar surface area (TPSA) is 30.5 Å². The summed E-state index contributed by atoms with van der Waals surface area (Å²) in [5, 5.41) is 3.14. The van der Waals surface area contributed by atoms with Gasteiger partial charge in [-0.25, -0.2) is 0 Å². The van der Waals surface area contributed by atoms with Crippen LogP contribution in [0.4, 0.5) is 0 Å². The molecule has 16 heavy (non-hydrogen) atoms. The van der Waals surface area contributed by atoms with E-state index in [1.54, 1.807) is 7.11 Å². The third kappa shape index (κ3) is 3.83. The van der Waals surface area contributed by atoms with E-state index in [0.717, 1.165) is 12.3 Å². The summed E-state index contributed by atoms with van der Waals surface area (Å²) >= 11 is 0. The molecule has 3 heteroatoms. The largest absolute Gasteiger partial charge is 0.497 e. The van der Waals surface area contributed by atoms with Crippen molar-refractivity contribution >= 4 is 0 Å². The molecule has 1 atom stereocenters. The summed E-state index contributed by atoms with van der Waals surface area (Å²) in [5.41, 5.74) is 1.17. The van der Waals surface area contributed by atoms with Gasteiger partial charge in [-0.1, -0.05) is 12.1 Å². The highest BCUT2D eigenvalue weighted by atomic mass is 16.5. The van der Waals surface area contributed by atoms with E-state index in [4.69, 9.17) is 9.47 Å². The molecule has 0 spiro atoms. The number of nitrogens with one attached hydrogen (secondary N) is 1. The lowest BCUT2D eigenvalue weighted by Gasteiger charge is -2.20. The first-order valence-electron chi connectivity index (χ1n) is 5.61. The SMILES string of the molecule is CNC[C@@H](OC(C)C)c1ccc(OC)cc1. The molecule has 0 bridgehead atoms. The Morgan fingerprint density at radius 1 is 1.19 bits per heavy atom. The third-order valence-corrected chi connectivity index (χ3v) is 2.31. The van der Waals surface area contributed by atoms with Gasteiger partial charge in [-0.05, 0) is 38.6 Å². The van der Waals surface area contributed by atoms with Crippen LogP contribution in [0.3, 0.4) is 0 Å². The lowest BCUT2D eigenvalue weighted by molar-refractivity contribution is 0.00812. The Hall–Kier alpha value is -1.06. The van der Waals surface area contributed by atoms with E-state index < -0.39 is 0 Å². The van der Waals surface area contributed by atoms with Crippen LogP contribution in [0, 0.1) is 0 Å². The first-order valence-corrected chi connectivity index (χ1v) is 5.61. The molecule has 0 unspecified atom stereocenters. The van der Waals surface area contributed by atoms with Crippen molar-refractivity contribution < 1.29 is 9.47 Å². The van der Waals surface area contributed by atoms with Gasteiger partial charge in [0.2, 0.25) is 0 Å². The quantitative estimate of drug-likeness (QED) is 0.803. The van der Waals surface area contributed by atoms with Crippen molar-refractivity contribution in [3.8, 4) is 5.75 Å². The van der Waals surface area contributed by atoms with Crippen molar-refractivity contribution in [3.05, 3.63) is 29.8 Å². The van der Waals surface area contributed by atoms with Crippen LogP contribution in [-0.4, -0.2) is 26.8 Å².